The van der Waals surface area contributed by atoms with Crippen molar-refractivity contribution >= 4 is 34.7 Å². The number of rotatable bonds is 1. The molecule has 0 fully saturated rings. The summed E-state index contributed by atoms with van der Waals surface area (Å²) in [5.41, 5.74) is 1.32. The minimum Gasteiger partial charge on any atom is -0.151 e. The molecule has 76 valence electrons. The first-order chi connectivity index (χ1) is 7.83. The second kappa shape index (κ2) is 3.80. The van der Waals surface area contributed by atoms with Crippen molar-refractivity contribution in [1.82, 2.24) is 0 Å². The van der Waals surface area contributed by atoms with Gasteiger partial charge >= 0.3 is 0 Å². The smallest absolute Gasteiger partial charge is 0.151 e. The summed E-state index contributed by atoms with van der Waals surface area (Å²) in [6.45, 7) is 0. The lowest BCUT2D eigenvalue weighted by molar-refractivity contribution is 1.74. The topological polar surface area (TPSA) is 0 Å². The highest BCUT2D eigenvalue weighted by Crippen LogP contribution is 2.26. The summed E-state index contributed by atoms with van der Waals surface area (Å²) in [4.78, 5) is 1.35. The maximum Gasteiger partial charge on any atom is 0.152 e. The van der Waals surface area contributed by atoms with Gasteiger partial charge in [0, 0.05) is 4.88 Å². The molecule has 0 saturated carbocycles. The number of thiophene rings is 1. The zero-order valence-electron chi connectivity index (χ0n) is 9.10. The highest BCUT2D eigenvalue weighted by atomic mass is 32.1. The molecule has 0 amide bonds. The minimum absolute atomic E-state index is 1.31. The Morgan fingerprint density at radius 1 is 0.812 bits per heavy atom. The summed E-state index contributed by atoms with van der Waals surface area (Å²) in [5.74, 6) is 0. The molecule has 0 atom stereocenters. The van der Waals surface area contributed by atoms with Gasteiger partial charge in [-0.15, -0.1) is 0 Å². The fourth-order valence-electron chi connectivity index (χ4n) is 1.93. The summed E-state index contributed by atoms with van der Waals surface area (Å²) in [5, 5.41) is 2.62. The Labute approximate surface area is 100.0 Å². The van der Waals surface area contributed by atoms with E-state index in [1.807, 2.05) is 11.3 Å². The van der Waals surface area contributed by atoms with Crippen molar-refractivity contribution in [2.24, 2.45) is 0 Å². The van der Waals surface area contributed by atoms with Crippen LogP contribution in [0.2, 0.25) is 0 Å². The van der Waals surface area contributed by atoms with Crippen molar-refractivity contribution < 1.29 is 0 Å². The first kappa shape index (κ1) is 9.67. The lowest BCUT2D eigenvalue weighted by atomic mass is 10.1. The first-order valence-corrected chi connectivity index (χ1v) is 6.20. The molecule has 3 aromatic rings. The molecule has 0 aliphatic rings. The monoisotopic (exact) mass is 222 g/mol. The average molecular weight is 222 g/mol. The van der Waals surface area contributed by atoms with Crippen LogP contribution in [0.3, 0.4) is 0 Å². The van der Waals surface area contributed by atoms with Gasteiger partial charge in [-0.3, -0.25) is 0 Å². The fourth-order valence-corrected chi connectivity index (χ4v) is 2.80. The Balaban J connectivity index is 2.18. The van der Waals surface area contributed by atoms with Gasteiger partial charge < -0.3 is 0 Å². The first-order valence-electron chi connectivity index (χ1n) is 5.38. The van der Waals surface area contributed by atoms with Crippen LogP contribution in [0.25, 0.3) is 21.2 Å². The van der Waals surface area contributed by atoms with E-state index in [4.69, 9.17) is 0 Å². The van der Waals surface area contributed by atoms with Crippen LogP contribution in [0.1, 0.15) is 0 Å². The second-order valence-corrected chi connectivity index (χ2v) is 5.26. The van der Waals surface area contributed by atoms with Crippen LogP contribution < -0.4 is 4.78 Å². The van der Waals surface area contributed by atoms with E-state index >= 15 is 0 Å². The average Bonchev–Trinajstić information content (AvgIpc) is 2.75. The van der Waals surface area contributed by atoms with E-state index in [0.29, 0.717) is 0 Å². The van der Waals surface area contributed by atoms with Gasteiger partial charge in [-0.05, 0) is 33.2 Å². The molecule has 3 rings (SSSR count). The molecule has 0 spiro atoms. The number of fused-ring (bicyclic) bond motifs is 1. The number of hydrogen-bond donors (Lipinski definition) is 0. The van der Waals surface area contributed by atoms with Gasteiger partial charge in [0.25, 0.3) is 0 Å². The van der Waals surface area contributed by atoms with Crippen LogP contribution in [0, 0.1) is 0 Å². The predicted molar refractivity (Wildman–Crippen MR) is 75.4 cm³/mol. The minimum atomic E-state index is 1.31. The molecule has 0 bridgehead atoms. The van der Waals surface area contributed by atoms with Gasteiger partial charge in [0.1, 0.15) is 0 Å². The summed E-state index contributed by atoms with van der Waals surface area (Å²) in [6, 6.07) is 19.5. The third-order valence-electron chi connectivity index (χ3n) is 2.77. The van der Waals surface area contributed by atoms with Crippen LogP contribution in [0.4, 0.5) is 0 Å². The Morgan fingerprint density at radius 2 is 1.62 bits per heavy atom. The molecule has 0 aliphatic heterocycles. The second-order valence-electron chi connectivity index (χ2n) is 3.97. The Bertz CT molecular complexity index is 640. The lowest BCUT2D eigenvalue weighted by Crippen LogP contribution is -1.88. The van der Waals surface area contributed by atoms with Gasteiger partial charge in [0.05, 0.1) is 0 Å². The van der Waals surface area contributed by atoms with Crippen molar-refractivity contribution in [3.8, 4) is 10.4 Å². The Kier molecular flexibility index (Phi) is 2.30. The van der Waals surface area contributed by atoms with Crippen LogP contribution in [-0.2, 0) is 0 Å². The molecule has 0 radical (unpaired) electrons. The van der Waals surface area contributed by atoms with E-state index in [2.05, 4.69) is 62.4 Å². The zero-order chi connectivity index (χ0) is 11.0. The molecule has 0 aliphatic carbocycles. The molecular weight excluding hydrogens is 211 g/mol. The van der Waals surface area contributed by atoms with E-state index in [0.717, 1.165) is 0 Å². The van der Waals surface area contributed by atoms with Gasteiger partial charge in [0.15, 0.2) is 7.85 Å². The van der Waals surface area contributed by atoms with Gasteiger partial charge in [0.2, 0.25) is 0 Å². The molecule has 1 heterocycles. The van der Waals surface area contributed by atoms with Gasteiger partial charge in [-0.25, -0.2) is 0 Å². The summed E-state index contributed by atoms with van der Waals surface area (Å²) >= 11 is 1.85. The maximum absolute atomic E-state index is 2.26. The molecule has 2 heteroatoms. The highest BCUT2D eigenvalue weighted by Gasteiger charge is 2.01. The molecular formula is C14H11BS. The standard InChI is InChI=1S/C14H11BS/c15-14-8-7-13(16-14)12-6-5-10-3-1-2-4-11(10)9-12/h1-9H,15H2. The van der Waals surface area contributed by atoms with Gasteiger partial charge in [-0.1, -0.05) is 42.5 Å². The Morgan fingerprint density at radius 3 is 2.38 bits per heavy atom. The third-order valence-corrected chi connectivity index (χ3v) is 3.82. The van der Waals surface area contributed by atoms with E-state index in [9.17, 15) is 0 Å². The molecule has 1 aromatic heterocycles. The quantitative estimate of drug-likeness (QED) is 0.555. The van der Waals surface area contributed by atoms with Crippen molar-refractivity contribution in [3.63, 3.8) is 0 Å². The van der Waals surface area contributed by atoms with E-state index < -0.39 is 0 Å². The molecule has 16 heavy (non-hydrogen) atoms. The van der Waals surface area contributed by atoms with Crippen molar-refractivity contribution in [2.75, 3.05) is 0 Å². The maximum atomic E-state index is 2.26. The summed E-state index contributed by atoms with van der Waals surface area (Å²) in [7, 11) is 2.15. The molecule has 0 saturated heterocycles. The van der Waals surface area contributed by atoms with Gasteiger partial charge in [-0.2, -0.15) is 11.3 Å². The van der Waals surface area contributed by atoms with E-state index in [1.165, 1.54) is 26.0 Å². The predicted octanol–water partition coefficient (Wildman–Crippen LogP) is 2.83. The van der Waals surface area contributed by atoms with Crippen LogP contribution in [-0.4, -0.2) is 7.85 Å². The third kappa shape index (κ3) is 1.65. The highest BCUT2D eigenvalue weighted by molar-refractivity contribution is 7.23. The van der Waals surface area contributed by atoms with E-state index in [-0.39, 0.29) is 0 Å². The molecule has 2 aromatic carbocycles. The molecule has 0 unspecified atom stereocenters. The number of benzene rings is 2. The van der Waals surface area contributed by atoms with Crippen LogP contribution >= 0.6 is 11.3 Å². The van der Waals surface area contributed by atoms with Crippen LogP contribution in [0.5, 0.6) is 0 Å². The van der Waals surface area contributed by atoms with Crippen molar-refractivity contribution in [1.29, 1.82) is 0 Å². The lowest BCUT2D eigenvalue weighted by Gasteiger charge is -2.01. The summed E-state index contributed by atoms with van der Waals surface area (Å²) in [6.07, 6.45) is 0. The molecule has 0 nitrogen and oxygen atoms in total. The van der Waals surface area contributed by atoms with Crippen molar-refractivity contribution in [3.05, 3.63) is 54.6 Å². The SMILES string of the molecule is Bc1ccc(-c2ccc3ccccc3c2)s1. The summed E-state index contributed by atoms with van der Waals surface area (Å²) < 4.78 is 1.36. The van der Waals surface area contributed by atoms with Crippen molar-refractivity contribution in [2.45, 2.75) is 0 Å². The Hall–Kier alpha value is -1.54. The largest absolute Gasteiger partial charge is 0.152 e. The van der Waals surface area contributed by atoms with E-state index in [1.54, 1.807) is 0 Å². The number of hydrogen-bond acceptors (Lipinski definition) is 1. The normalized spacial score (nSPS) is 10.8. The van der Waals surface area contributed by atoms with Crippen LogP contribution in [0.15, 0.2) is 54.6 Å². The molecule has 0 N–H and O–H groups in total. The zero-order valence-corrected chi connectivity index (χ0v) is 9.92. The fraction of sp³-hybridized carbons (Fsp3) is 0.